The molecule has 3 unspecified atom stereocenters. The number of benzene rings is 1. The van der Waals surface area contributed by atoms with Gasteiger partial charge in [0.15, 0.2) is 17.5 Å². The first-order chi connectivity index (χ1) is 10.0. The van der Waals surface area contributed by atoms with Gasteiger partial charge >= 0.3 is 0 Å². The number of amides is 1. The van der Waals surface area contributed by atoms with Crippen LogP contribution in [0.4, 0.5) is 18.9 Å². The third-order valence-electron chi connectivity index (χ3n) is 4.43. The molecule has 1 amide bonds. The van der Waals surface area contributed by atoms with Crippen molar-refractivity contribution in [2.24, 2.45) is 5.92 Å². The third-order valence-corrected chi connectivity index (χ3v) is 4.43. The summed E-state index contributed by atoms with van der Waals surface area (Å²) in [7, 11) is 0. The molecule has 1 aromatic carbocycles. The molecule has 122 valence electrons. The van der Waals surface area contributed by atoms with Gasteiger partial charge in [-0.2, -0.15) is 0 Å². The molecule has 1 saturated heterocycles. The van der Waals surface area contributed by atoms with E-state index in [1.165, 1.54) is 6.42 Å². The van der Waals surface area contributed by atoms with Gasteiger partial charge in [0, 0.05) is 23.9 Å². The largest absolute Gasteiger partial charge is 0.325 e. The van der Waals surface area contributed by atoms with Crippen molar-refractivity contribution in [2.75, 3.05) is 5.32 Å². The van der Waals surface area contributed by atoms with Crippen molar-refractivity contribution < 1.29 is 18.0 Å². The van der Waals surface area contributed by atoms with Gasteiger partial charge in [0.1, 0.15) is 0 Å². The monoisotopic (exact) mass is 334 g/mol. The molecule has 0 radical (unpaired) electrons. The highest BCUT2D eigenvalue weighted by molar-refractivity contribution is 5.95. The van der Waals surface area contributed by atoms with E-state index in [1.807, 2.05) is 0 Å². The fourth-order valence-corrected chi connectivity index (χ4v) is 3.38. The highest BCUT2D eigenvalue weighted by atomic mass is 35.5. The predicted molar refractivity (Wildman–Crippen MR) is 79.5 cm³/mol. The fourth-order valence-electron chi connectivity index (χ4n) is 3.38. The molecule has 0 spiro atoms. The summed E-state index contributed by atoms with van der Waals surface area (Å²) in [6.45, 7) is 0. The number of nitrogens with one attached hydrogen (secondary N) is 2. The van der Waals surface area contributed by atoms with Gasteiger partial charge in [-0.3, -0.25) is 4.79 Å². The number of hydrogen-bond acceptors (Lipinski definition) is 2. The molecule has 0 bridgehead atoms. The van der Waals surface area contributed by atoms with E-state index in [9.17, 15) is 18.0 Å². The second-order valence-corrected chi connectivity index (χ2v) is 5.85. The zero-order chi connectivity index (χ0) is 15.0. The number of anilines is 1. The molecule has 0 aromatic heterocycles. The molecule has 1 saturated carbocycles. The zero-order valence-corrected chi connectivity index (χ0v) is 12.7. The van der Waals surface area contributed by atoms with Crippen molar-refractivity contribution in [2.45, 2.75) is 44.2 Å². The van der Waals surface area contributed by atoms with Crippen molar-refractivity contribution in [3.63, 3.8) is 0 Å². The van der Waals surface area contributed by atoms with Gasteiger partial charge < -0.3 is 10.6 Å². The maximum Gasteiger partial charge on any atom is 0.241 e. The van der Waals surface area contributed by atoms with E-state index in [0.717, 1.165) is 37.8 Å². The lowest BCUT2D eigenvalue weighted by Gasteiger charge is -2.24. The van der Waals surface area contributed by atoms with E-state index in [0.29, 0.717) is 12.0 Å². The van der Waals surface area contributed by atoms with Gasteiger partial charge in [-0.25, -0.2) is 13.2 Å². The van der Waals surface area contributed by atoms with Crippen molar-refractivity contribution in [3.8, 4) is 0 Å². The third kappa shape index (κ3) is 3.38. The summed E-state index contributed by atoms with van der Waals surface area (Å²) >= 11 is 0. The SMILES string of the molecule is Cl.O=C(Nc1cc(F)c(F)c(F)c1)C1CC2CCCCC2N1. The van der Waals surface area contributed by atoms with Crippen LogP contribution in [0.5, 0.6) is 0 Å². The Balaban J connectivity index is 0.00000176. The summed E-state index contributed by atoms with van der Waals surface area (Å²) in [5.41, 5.74) is -0.0620. The lowest BCUT2D eigenvalue weighted by atomic mass is 9.85. The quantitative estimate of drug-likeness (QED) is 0.814. The van der Waals surface area contributed by atoms with Crippen LogP contribution in [0.2, 0.25) is 0 Å². The standard InChI is InChI=1S/C15H17F3N2O.ClH/c16-10-6-9(7-11(17)14(10)18)19-15(21)13-5-8-3-1-2-4-12(8)20-13;/h6-8,12-13,20H,1-5H2,(H,19,21);1H. The predicted octanol–water partition coefficient (Wildman–Crippen LogP) is 3.38. The summed E-state index contributed by atoms with van der Waals surface area (Å²) in [4.78, 5) is 12.2. The van der Waals surface area contributed by atoms with Gasteiger partial charge in [0.05, 0.1) is 6.04 Å². The van der Waals surface area contributed by atoms with Gasteiger partial charge in [-0.15, -0.1) is 12.4 Å². The van der Waals surface area contributed by atoms with Gasteiger partial charge in [-0.1, -0.05) is 12.8 Å². The van der Waals surface area contributed by atoms with E-state index < -0.39 is 17.5 Å². The molecule has 2 N–H and O–H groups in total. The van der Waals surface area contributed by atoms with Crippen LogP contribution < -0.4 is 10.6 Å². The molecule has 1 heterocycles. The minimum absolute atomic E-state index is 0. The van der Waals surface area contributed by atoms with E-state index >= 15 is 0 Å². The number of hydrogen-bond donors (Lipinski definition) is 2. The maximum atomic E-state index is 13.1. The number of carbonyl (C=O) groups is 1. The van der Waals surface area contributed by atoms with Crippen molar-refractivity contribution in [3.05, 3.63) is 29.6 Å². The van der Waals surface area contributed by atoms with Crippen molar-refractivity contribution in [1.29, 1.82) is 0 Å². The Morgan fingerprint density at radius 3 is 2.41 bits per heavy atom. The molecule has 1 aromatic rings. The van der Waals surface area contributed by atoms with Crippen LogP contribution in [0.15, 0.2) is 12.1 Å². The van der Waals surface area contributed by atoms with Crippen LogP contribution in [0.3, 0.4) is 0 Å². The number of rotatable bonds is 2. The normalized spacial score (nSPS) is 27.0. The summed E-state index contributed by atoms with van der Waals surface area (Å²) in [6, 6.07) is 1.59. The lowest BCUT2D eigenvalue weighted by molar-refractivity contribution is -0.117. The molecule has 3 rings (SSSR count). The van der Waals surface area contributed by atoms with Gasteiger partial charge in [0.2, 0.25) is 5.91 Å². The van der Waals surface area contributed by atoms with Crippen LogP contribution in [-0.2, 0) is 4.79 Å². The van der Waals surface area contributed by atoms with Crippen LogP contribution in [0, 0.1) is 23.4 Å². The molecular weight excluding hydrogens is 317 g/mol. The summed E-state index contributed by atoms with van der Waals surface area (Å²) < 4.78 is 39.1. The van der Waals surface area contributed by atoms with Crippen LogP contribution in [0.25, 0.3) is 0 Å². The first-order valence-electron chi connectivity index (χ1n) is 7.26. The summed E-state index contributed by atoms with van der Waals surface area (Å²) in [5, 5.41) is 5.73. The Labute approximate surface area is 133 Å². The minimum atomic E-state index is -1.53. The van der Waals surface area contributed by atoms with Gasteiger partial charge in [-0.05, 0) is 25.2 Å². The molecule has 2 aliphatic rings. The molecule has 3 nitrogen and oxygen atoms in total. The Morgan fingerprint density at radius 2 is 1.77 bits per heavy atom. The van der Waals surface area contributed by atoms with Gasteiger partial charge in [0.25, 0.3) is 0 Å². The first kappa shape index (κ1) is 17.1. The highest BCUT2D eigenvalue weighted by Crippen LogP contribution is 2.33. The molecule has 1 aliphatic heterocycles. The second kappa shape index (κ2) is 6.87. The smallest absolute Gasteiger partial charge is 0.241 e. The van der Waals surface area contributed by atoms with E-state index in [-0.39, 0.29) is 30.0 Å². The maximum absolute atomic E-state index is 13.1. The lowest BCUT2D eigenvalue weighted by Crippen LogP contribution is -2.39. The average molecular weight is 335 g/mol. The molecule has 1 aliphatic carbocycles. The number of carbonyl (C=O) groups excluding carboxylic acids is 1. The average Bonchev–Trinajstić information content (AvgIpc) is 2.88. The molecule has 2 fully saturated rings. The van der Waals surface area contributed by atoms with E-state index in [2.05, 4.69) is 10.6 Å². The molecule has 22 heavy (non-hydrogen) atoms. The number of fused-ring (bicyclic) bond motifs is 1. The highest BCUT2D eigenvalue weighted by Gasteiger charge is 2.38. The summed E-state index contributed by atoms with van der Waals surface area (Å²) in [6.07, 6.45) is 5.26. The molecule has 7 heteroatoms. The Bertz CT molecular complexity index is 533. The molecule has 3 atom stereocenters. The Kier molecular flexibility index (Phi) is 5.34. The summed E-state index contributed by atoms with van der Waals surface area (Å²) in [5.74, 6) is -3.97. The topological polar surface area (TPSA) is 41.1 Å². The van der Waals surface area contributed by atoms with Crippen LogP contribution in [-0.4, -0.2) is 18.0 Å². The first-order valence-corrected chi connectivity index (χ1v) is 7.26. The Morgan fingerprint density at radius 1 is 1.14 bits per heavy atom. The molecular formula is C15H18ClF3N2O. The second-order valence-electron chi connectivity index (χ2n) is 5.85. The van der Waals surface area contributed by atoms with Crippen molar-refractivity contribution in [1.82, 2.24) is 5.32 Å². The van der Waals surface area contributed by atoms with Crippen LogP contribution >= 0.6 is 12.4 Å². The fraction of sp³-hybridized carbons (Fsp3) is 0.533. The van der Waals surface area contributed by atoms with E-state index in [1.54, 1.807) is 0 Å². The van der Waals surface area contributed by atoms with E-state index in [4.69, 9.17) is 0 Å². The van der Waals surface area contributed by atoms with Crippen molar-refractivity contribution >= 4 is 24.0 Å². The zero-order valence-electron chi connectivity index (χ0n) is 11.9. The van der Waals surface area contributed by atoms with Crippen LogP contribution in [0.1, 0.15) is 32.1 Å². The minimum Gasteiger partial charge on any atom is -0.325 e. The number of halogens is 4. The Hall–Kier alpha value is -1.27.